The molecule has 2 bridgehead atoms. The number of aliphatic hydroxyl groups excluding tert-OH is 1. The molecule has 2 aromatic heterocycles. The maximum Gasteiger partial charge on any atom is 0.217 e. The molecule has 0 spiro atoms. The molecule has 6 nitrogen and oxygen atoms in total. The molecule has 2 fully saturated rings. The lowest BCUT2D eigenvalue weighted by molar-refractivity contribution is -0.270. The zero-order valence-corrected chi connectivity index (χ0v) is 17.5. The van der Waals surface area contributed by atoms with Crippen LogP contribution in [0.1, 0.15) is 52.9 Å². The average molecular weight is 405 g/mol. The first-order chi connectivity index (χ1) is 13.3. The summed E-state index contributed by atoms with van der Waals surface area (Å²) in [6.45, 7) is 5.93. The first-order valence-corrected chi connectivity index (χ1v) is 10.5. The number of halogens is 1. The third-order valence-corrected chi connectivity index (χ3v) is 5.85. The fourth-order valence-corrected chi connectivity index (χ4v) is 4.81. The van der Waals surface area contributed by atoms with E-state index in [2.05, 4.69) is 20.2 Å². The quantitative estimate of drug-likeness (QED) is 0.588. The van der Waals surface area contributed by atoms with Crippen molar-refractivity contribution in [2.24, 2.45) is 0 Å². The summed E-state index contributed by atoms with van der Waals surface area (Å²) >= 11 is 6.21. The normalized spacial score (nSPS) is 27.0. The number of ether oxygens (including phenoxy) is 1. The van der Waals surface area contributed by atoms with E-state index in [1.165, 1.54) is 6.42 Å². The van der Waals surface area contributed by atoms with Gasteiger partial charge in [0, 0.05) is 35.8 Å². The predicted molar refractivity (Wildman–Crippen MR) is 111 cm³/mol. The Morgan fingerprint density at radius 2 is 2.00 bits per heavy atom. The van der Waals surface area contributed by atoms with E-state index < -0.39 is 6.41 Å². The number of nitrogens with zero attached hydrogens (tertiary/aromatic N) is 3. The summed E-state index contributed by atoms with van der Waals surface area (Å²) < 4.78 is 5.86. The van der Waals surface area contributed by atoms with Crippen LogP contribution >= 0.6 is 11.6 Å². The minimum absolute atomic E-state index is 0.280. The number of nitrogens with one attached hydrogen (secondary N) is 1. The molecule has 7 heteroatoms. The van der Waals surface area contributed by atoms with Crippen molar-refractivity contribution in [2.45, 2.75) is 83.0 Å². The smallest absolute Gasteiger partial charge is 0.217 e. The van der Waals surface area contributed by atoms with Crippen molar-refractivity contribution in [3.05, 3.63) is 29.5 Å². The molecular weight excluding hydrogens is 376 g/mol. The van der Waals surface area contributed by atoms with Crippen LogP contribution in [0.15, 0.2) is 24.4 Å². The number of rotatable bonds is 4. The number of piperidine rings is 2. The van der Waals surface area contributed by atoms with Crippen molar-refractivity contribution >= 4 is 28.3 Å². The van der Waals surface area contributed by atoms with Gasteiger partial charge in [-0.1, -0.05) is 18.0 Å². The summed E-state index contributed by atoms with van der Waals surface area (Å²) in [5, 5.41) is 15.8. The monoisotopic (exact) mass is 404 g/mol. The van der Waals surface area contributed by atoms with Crippen LogP contribution in [0.5, 0.6) is 0 Å². The van der Waals surface area contributed by atoms with E-state index in [4.69, 9.17) is 16.3 Å². The molecule has 152 valence electrons. The third kappa shape index (κ3) is 4.25. The van der Waals surface area contributed by atoms with Gasteiger partial charge in [0.2, 0.25) is 6.41 Å². The van der Waals surface area contributed by atoms with Gasteiger partial charge in [0.05, 0.1) is 11.1 Å². The van der Waals surface area contributed by atoms with Crippen molar-refractivity contribution in [1.82, 2.24) is 14.9 Å². The summed E-state index contributed by atoms with van der Waals surface area (Å²) in [7, 11) is 0. The first-order valence-electron chi connectivity index (χ1n) is 10.1. The molecule has 0 radical (unpaired) electrons. The fraction of sp³-hybridized carbons (Fsp3) is 0.619. The molecule has 2 aliphatic heterocycles. The van der Waals surface area contributed by atoms with E-state index in [-0.39, 0.29) is 11.6 Å². The molecule has 4 atom stereocenters. The number of hydrogen-bond donors (Lipinski definition) is 2. The van der Waals surface area contributed by atoms with Crippen LogP contribution in [0.25, 0.3) is 10.9 Å². The Balaban J connectivity index is 1.52. The molecule has 28 heavy (non-hydrogen) atoms. The summed E-state index contributed by atoms with van der Waals surface area (Å²) in [4.78, 5) is 11.1. The predicted octanol–water partition coefficient (Wildman–Crippen LogP) is 4.17. The van der Waals surface area contributed by atoms with Gasteiger partial charge < -0.3 is 15.2 Å². The number of anilines is 1. The number of fused-ring (bicyclic) bond motifs is 3. The van der Waals surface area contributed by atoms with Gasteiger partial charge >= 0.3 is 0 Å². The first kappa shape index (κ1) is 19.8. The lowest BCUT2D eigenvalue weighted by Crippen LogP contribution is -2.60. The van der Waals surface area contributed by atoms with Gasteiger partial charge in [-0.05, 0) is 58.6 Å². The highest BCUT2D eigenvalue weighted by molar-refractivity contribution is 6.30. The van der Waals surface area contributed by atoms with Gasteiger partial charge in [-0.2, -0.15) is 0 Å². The van der Waals surface area contributed by atoms with Gasteiger partial charge in [-0.3, -0.25) is 4.98 Å². The molecule has 2 N–H and O–H groups in total. The fourth-order valence-electron chi connectivity index (χ4n) is 4.62. The number of aliphatic hydroxyl groups is 1. The van der Waals surface area contributed by atoms with E-state index in [9.17, 15) is 5.11 Å². The third-order valence-electron chi connectivity index (χ3n) is 5.65. The van der Waals surface area contributed by atoms with E-state index >= 15 is 0 Å². The molecule has 2 saturated heterocycles. The molecule has 0 amide bonds. The van der Waals surface area contributed by atoms with Crippen molar-refractivity contribution < 1.29 is 9.84 Å². The maximum atomic E-state index is 10.7. The Bertz CT molecular complexity index is 827. The van der Waals surface area contributed by atoms with Crippen molar-refractivity contribution in [1.29, 1.82) is 0 Å². The summed E-state index contributed by atoms with van der Waals surface area (Å²) in [5.41, 5.74) is 0.469. The van der Waals surface area contributed by atoms with Crippen molar-refractivity contribution in [3.8, 4) is 0 Å². The lowest BCUT2D eigenvalue weighted by atomic mass is 9.82. The average Bonchev–Trinajstić information content (AvgIpc) is 2.59. The standard InChI is InChI=1S/C21H29ClN4O2/c1-21(2,3)28-20(27)26-14-6-4-7-15(26)11-13(10-14)24-19-16-8-5-9-23-17(16)12-18(22)25-19/h5,8-9,12-15,20,27H,4,6-7,10-11H2,1-3H3,(H,24,25)/t13?,14-,15+,20?. The summed E-state index contributed by atoms with van der Waals surface area (Å²) in [6.07, 6.45) is 6.14. The van der Waals surface area contributed by atoms with E-state index in [0.717, 1.165) is 42.4 Å². The molecule has 0 aromatic carbocycles. The van der Waals surface area contributed by atoms with Crippen LogP contribution in [0.2, 0.25) is 5.15 Å². The molecule has 0 aliphatic carbocycles. The van der Waals surface area contributed by atoms with Crippen molar-refractivity contribution in [3.63, 3.8) is 0 Å². The summed E-state index contributed by atoms with van der Waals surface area (Å²) in [6, 6.07) is 6.60. The van der Waals surface area contributed by atoms with E-state index in [1.54, 1.807) is 12.3 Å². The SMILES string of the molecule is CC(C)(C)OC(O)N1[C@@H]2CCC[C@H]1CC(Nc1nc(Cl)cc3ncccc13)C2. The second kappa shape index (κ2) is 7.75. The number of hydrogen-bond acceptors (Lipinski definition) is 6. The second-order valence-electron chi connectivity index (χ2n) is 8.92. The Hall–Kier alpha value is -1.47. The van der Waals surface area contributed by atoms with Crippen LogP contribution in [0.3, 0.4) is 0 Å². The van der Waals surface area contributed by atoms with Gasteiger partial charge in [0.1, 0.15) is 11.0 Å². The molecule has 2 aliphatic rings. The van der Waals surface area contributed by atoms with Crippen LogP contribution in [-0.2, 0) is 4.74 Å². The number of aromatic nitrogens is 2. The molecular formula is C21H29ClN4O2. The topological polar surface area (TPSA) is 70.5 Å². The second-order valence-corrected chi connectivity index (χ2v) is 9.31. The Kier molecular flexibility index (Phi) is 5.49. The molecule has 2 aromatic rings. The minimum Gasteiger partial charge on any atom is -0.367 e. The Morgan fingerprint density at radius 1 is 1.29 bits per heavy atom. The molecule has 2 unspecified atom stereocenters. The molecule has 4 rings (SSSR count). The zero-order chi connectivity index (χ0) is 19.9. The minimum atomic E-state index is -0.856. The van der Waals surface area contributed by atoms with Gasteiger partial charge in [-0.25, -0.2) is 9.88 Å². The maximum absolute atomic E-state index is 10.7. The number of pyridine rings is 2. The highest BCUT2D eigenvalue weighted by atomic mass is 35.5. The highest BCUT2D eigenvalue weighted by Gasteiger charge is 2.42. The van der Waals surface area contributed by atoms with Crippen LogP contribution in [-0.4, -0.2) is 50.1 Å². The Morgan fingerprint density at radius 3 is 2.68 bits per heavy atom. The van der Waals surface area contributed by atoms with Gasteiger partial charge in [-0.15, -0.1) is 0 Å². The molecule has 4 heterocycles. The van der Waals surface area contributed by atoms with E-state index in [0.29, 0.717) is 17.2 Å². The Labute approximate surface area is 171 Å². The van der Waals surface area contributed by atoms with Gasteiger partial charge in [0.25, 0.3) is 0 Å². The highest BCUT2D eigenvalue weighted by Crippen LogP contribution is 2.37. The molecule has 0 saturated carbocycles. The summed E-state index contributed by atoms with van der Waals surface area (Å²) in [5.74, 6) is 0.790. The lowest BCUT2D eigenvalue weighted by Gasteiger charge is -2.51. The zero-order valence-electron chi connectivity index (χ0n) is 16.7. The van der Waals surface area contributed by atoms with E-state index in [1.807, 2.05) is 32.9 Å². The largest absolute Gasteiger partial charge is 0.367 e. The van der Waals surface area contributed by atoms with Crippen LogP contribution < -0.4 is 5.32 Å². The van der Waals surface area contributed by atoms with Gasteiger partial charge in [0.15, 0.2) is 0 Å². The van der Waals surface area contributed by atoms with Crippen molar-refractivity contribution in [2.75, 3.05) is 5.32 Å². The van der Waals surface area contributed by atoms with Crippen LogP contribution in [0.4, 0.5) is 5.82 Å². The van der Waals surface area contributed by atoms with Crippen LogP contribution in [0, 0.1) is 0 Å².